The molecule has 0 N–H and O–H groups in total. The molecule has 5 heteroatoms. The third-order valence-electron chi connectivity index (χ3n) is 8.68. The molecule has 0 spiro atoms. The van der Waals surface area contributed by atoms with Gasteiger partial charge in [-0.05, 0) is 77.4 Å². The van der Waals surface area contributed by atoms with Gasteiger partial charge in [0.05, 0.1) is 11.3 Å². The van der Waals surface area contributed by atoms with Crippen LogP contribution < -0.4 is 0 Å². The van der Waals surface area contributed by atoms with Gasteiger partial charge in [-0.25, -0.2) is 4.98 Å². The van der Waals surface area contributed by atoms with Gasteiger partial charge < -0.3 is 14.4 Å². The molecule has 0 fully saturated rings. The van der Waals surface area contributed by atoms with Crippen LogP contribution in [-0.4, -0.2) is 15.0 Å². The van der Waals surface area contributed by atoms with Crippen LogP contribution in [0.15, 0.2) is 108 Å². The molecule has 49 heavy (non-hydrogen) atoms. The van der Waals surface area contributed by atoms with E-state index in [-0.39, 0.29) is 20.1 Å². The zero-order valence-electron chi connectivity index (χ0n) is 29.3. The molecule has 0 aliphatic heterocycles. The molecule has 251 valence electrons. The van der Waals surface area contributed by atoms with E-state index in [0.717, 1.165) is 51.0 Å². The summed E-state index contributed by atoms with van der Waals surface area (Å²) in [5, 5.41) is 2.06. The number of hydrogen-bond acceptors (Lipinski definition) is 4. The van der Waals surface area contributed by atoms with E-state index < -0.39 is 0 Å². The maximum Gasteiger partial charge on any atom is 0.216 e. The number of pyridine rings is 3. The molecule has 0 aliphatic carbocycles. The Morgan fingerprint density at radius 3 is 2.08 bits per heavy atom. The van der Waals surface area contributed by atoms with Crippen LogP contribution in [0.25, 0.3) is 55.8 Å². The Bertz CT molecular complexity index is 2090. The fraction of sp³-hybridized carbons (Fsp3) is 0.250. The average molecular weight is 822 g/mol. The molecule has 4 heterocycles. The van der Waals surface area contributed by atoms with Gasteiger partial charge in [-0.15, -0.1) is 54.1 Å². The molecule has 3 aromatic carbocycles. The first kappa shape index (κ1) is 35.9. The number of rotatable bonds is 7. The van der Waals surface area contributed by atoms with E-state index in [2.05, 4.69) is 108 Å². The third-order valence-corrected chi connectivity index (χ3v) is 8.68. The van der Waals surface area contributed by atoms with Gasteiger partial charge in [-0.2, -0.15) is 0 Å². The van der Waals surface area contributed by atoms with E-state index in [1.807, 2.05) is 54.7 Å². The third kappa shape index (κ3) is 7.90. The summed E-state index contributed by atoms with van der Waals surface area (Å²) in [5.41, 5.74) is 12.6. The van der Waals surface area contributed by atoms with E-state index in [0.29, 0.717) is 23.5 Å². The van der Waals surface area contributed by atoms with E-state index in [9.17, 15) is 0 Å². The number of hydrogen-bond donors (Lipinski definition) is 0. The summed E-state index contributed by atoms with van der Waals surface area (Å²) in [5.74, 6) is 1.40. The average Bonchev–Trinajstić information content (AvgIpc) is 3.48. The summed E-state index contributed by atoms with van der Waals surface area (Å²) in [6.45, 7) is 15.6. The maximum absolute atomic E-state index is 6.45. The number of nitrogens with zero attached hydrogens (tertiary/aromatic N) is 3. The van der Waals surface area contributed by atoms with Gasteiger partial charge in [0.1, 0.15) is 0 Å². The predicted molar refractivity (Wildman–Crippen MR) is 199 cm³/mol. The van der Waals surface area contributed by atoms with Crippen molar-refractivity contribution in [3.8, 4) is 33.8 Å². The number of furan rings is 1. The predicted octanol–water partition coefficient (Wildman–Crippen LogP) is 11.8. The first-order valence-electron chi connectivity index (χ1n) is 16.9. The molecule has 0 amide bonds. The van der Waals surface area contributed by atoms with Crippen molar-refractivity contribution < 1.29 is 24.5 Å². The number of aromatic nitrogens is 3. The molecule has 7 rings (SSSR count). The van der Waals surface area contributed by atoms with E-state index in [1.165, 1.54) is 27.8 Å². The van der Waals surface area contributed by atoms with Crippen LogP contribution in [-0.2, 0) is 26.5 Å². The van der Waals surface area contributed by atoms with Gasteiger partial charge >= 0.3 is 0 Å². The van der Waals surface area contributed by atoms with E-state index in [1.54, 1.807) is 6.20 Å². The van der Waals surface area contributed by atoms with Crippen LogP contribution in [0, 0.1) is 25.0 Å². The Labute approximate surface area is 304 Å². The molecule has 0 bridgehead atoms. The fourth-order valence-electron chi connectivity index (χ4n) is 6.25. The van der Waals surface area contributed by atoms with Gasteiger partial charge in [-0.3, -0.25) is 0 Å². The second-order valence-electron chi connectivity index (χ2n) is 13.5. The van der Waals surface area contributed by atoms with Crippen molar-refractivity contribution in [2.75, 3.05) is 0 Å². The number of benzene rings is 3. The largest absolute Gasteiger partial charge is 0.486 e. The summed E-state index contributed by atoms with van der Waals surface area (Å²) >= 11 is 0. The molecular formula is C44H43IrN3O-2. The van der Waals surface area contributed by atoms with Gasteiger partial charge in [-0.1, -0.05) is 94.5 Å². The standard InChI is InChI=1S/C33H35N2O.C11H8N.Ir/c1-19(2)16-23-18-34-30(17-22(23)7)28-13-9-12-26-27-14-15-29(35-33(27)36-32(26)28)31-24(20(3)4)10-8-11-25(31)21(5)6;1-2-6-10(7-3-1)11-8-4-5-9-12-11;/h8-12,14-15,17-21H,16H2,1-7H3;1-6,8-9H;/q2*-1;. The Morgan fingerprint density at radius 1 is 0.694 bits per heavy atom. The van der Waals surface area contributed by atoms with Crippen LogP contribution in [0.2, 0.25) is 0 Å². The molecule has 0 saturated carbocycles. The molecule has 1 radical (unpaired) electrons. The first-order valence-corrected chi connectivity index (χ1v) is 16.9. The van der Waals surface area contributed by atoms with Crippen LogP contribution in [0.4, 0.5) is 0 Å². The van der Waals surface area contributed by atoms with Crippen molar-refractivity contribution >= 4 is 22.1 Å². The van der Waals surface area contributed by atoms with Gasteiger partial charge in [0, 0.05) is 43.4 Å². The minimum atomic E-state index is 0. The fourth-order valence-corrected chi connectivity index (χ4v) is 6.25. The Hall–Kier alpha value is -4.44. The second-order valence-corrected chi connectivity index (χ2v) is 13.5. The Balaban J connectivity index is 0.000000303. The smallest absolute Gasteiger partial charge is 0.216 e. The molecule has 0 aliphatic rings. The SMILES string of the molecule is Cc1cc(-c2[c-]ccc3c2oc2nc(-c4c(C(C)C)cccc4C(C)C)ccc23)ncc1CC(C)C.[Ir].[c-]1ccccc1-c1ccccn1. The van der Waals surface area contributed by atoms with Gasteiger partial charge in [0.25, 0.3) is 0 Å². The number of fused-ring (bicyclic) bond motifs is 3. The van der Waals surface area contributed by atoms with Gasteiger partial charge in [0.15, 0.2) is 0 Å². The first-order chi connectivity index (χ1) is 23.2. The van der Waals surface area contributed by atoms with Crippen molar-refractivity contribution in [2.45, 2.75) is 66.7 Å². The molecular weight excluding hydrogens is 779 g/mol. The summed E-state index contributed by atoms with van der Waals surface area (Å²) in [7, 11) is 0. The minimum Gasteiger partial charge on any atom is -0.486 e. The van der Waals surface area contributed by atoms with Crippen molar-refractivity contribution in [2.24, 2.45) is 5.92 Å². The zero-order chi connectivity index (χ0) is 33.8. The van der Waals surface area contributed by atoms with Crippen LogP contribution in [0.1, 0.15) is 75.6 Å². The van der Waals surface area contributed by atoms with Crippen LogP contribution >= 0.6 is 0 Å². The summed E-state index contributed by atoms with van der Waals surface area (Å²) < 4.78 is 6.45. The number of aryl methyl sites for hydroxylation is 1. The van der Waals surface area contributed by atoms with Gasteiger partial charge in [0.2, 0.25) is 5.71 Å². The Kier molecular flexibility index (Phi) is 11.6. The van der Waals surface area contributed by atoms with Crippen molar-refractivity contribution in [3.63, 3.8) is 0 Å². The van der Waals surface area contributed by atoms with Crippen molar-refractivity contribution in [1.29, 1.82) is 0 Å². The molecule has 7 aromatic rings. The quantitative estimate of drug-likeness (QED) is 0.150. The molecule has 4 aromatic heterocycles. The van der Waals surface area contributed by atoms with Crippen molar-refractivity contribution in [1.82, 2.24) is 15.0 Å². The minimum absolute atomic E-state index is 0. The molecule has 0 unspecified atom stereocenters. The maximum atomic E-state index is 6.45. The van der Waals surface area contributed by atoms with Crippen LogP contribution in [0.5, 0.6) is 0 Å². The van der Waals surface area contributed by atoms with E-state index in [4.69, 9.17) is 14.4 Å². The topological polar surface area (TPSA) is 51.8 Å². The Morgan fingerprint density at radius 2 is 1.45 bits per heavy atom. The monoisotopic (exact) mass is 822 g/mol. The summed E-state index contributed by atoms with van der Waals surface area (Å²) in [6.07, 6.45) is 4.82. The molecule has 0 atom stereocenters. The molecule has 0 saturated heterocycles. The van der Waals surface area contributed by atoms with Crippen molar-refractivity contribution in [3.05, 3.63) is 138 Å². The summed E-state index contributed by atoms with van der Waals surface area (Å²) in [4.78, 5) is 14.1. The zero-order valence-corrected chi connectivity index (χ0v) is 31.7. The van der Waals surface area contributed by atoms with E-state index >= 15 is 0 Å². The normalized spacial score (nSPS) is 11.2. The summed E-state index contributed by atoms with van der Waals surface area (Å²) in [6, 6.07) is 37.3. The molecule has 4 nitrogen and oxygen atoms in total. The second kappa shape index (κ2) is 15.8. The van der Waals surface area contributed by atoms with Crippen LogP contribution in [0.3, 0.4) is 0 Å².